The Bertz CT molecular complexity index is 9230. The lowest BCUT2D eigenvalue weighted by molar-refractivity contribution is 0.477. The Morgan fingerprint density at radius 2 is 0.476 bits per heavy atom. The molecule has 0 unspecified atom stereocenters. The largest absolute Gasteiger partial charge is 0.456 e. The highest BCUT2D eigenvalue weighted by Crippen LogP contribution is 2.60. The van der Waals surface area contributed by atoms with Crippen LogP contribution in [0.3, 0.4) is 0 Å². The average molecular weight is 1910 g/mol. The normalized spacial score (nSPS) is 12.9. The van der Waals surface area contributed by atoms with E-state index in [9.17, 15) is 0 Å². The van der Waals surface area contributed by atoms with E-state index >= 15 is 0 Å². The average Bonchev–Trinajstić information content (AvgIpc) is 1.57. The summed E-state index contributed by atoms with van der Waals surface area (Å²) in [5.74, 6) is 4.94. The maximum Gasteiger partial charge on any atom is 0.153 e. The first-order valence-electron chi connectivity index (χ1n) is 48.1. The molecule has 8 heterocycles. The van der Waals surface area contributed by atoms with Crippen molar-refractivity contribution >= 4 is 250 Å². The highest BCUT2D eigenvalue weighted by atomic mass is 32.1. The molecular weight excluding hydrogens is 1830 g/mol. The van der Waals surface area contributed by atoms with Gasteiger partial charge in [-0.1, -0.05) is 250 Å². The molecule has 14 heteroatoms. The van der Waals surface area contributed by atoms with E-state index in [2.05, 4.69) is 474 Å². The maximum absolute atomic E-state index is 6.71. The van der Waals surface area contributed by atoms with E-state index in [0.29, 0.717) is 0 Å². The molecule has 0 atom stereocenters. The van der Waals surface area contributed by atoms with Crippen LogP contribution < -0.4 is 43.6 Å². The van der Waals surface area contributed by atoms with Crippen molar-refractivity contribution in [1.82, 2.24) is 0 Å². The third kappa shape index (κ3) is 14.2. The van der Waals surface area contributed by atoms with Crippen molar-refractivity contribution in [3.05, 3.63) is 484 Å². The summed E-state index contributed by atoms with van der Waals surface area (Å²) in [6.45, 7) is 4.67. The Hall–Kier alpha value is -17.5. The fraction of sp³-hybridized carbons (Fsp3) is 0.0233. The summed E-state index contributed by atoms with van der Waals surface area (Å²) in [4.78, 5) is 13.9. The minimum Gasteiger partial charge on any atom is -0.456 e. The molecule has 143 heavy (non-hydrogen) atoms. The van der Waals surface area contributed by atoms with Gasteiger partial charge in [-0.15, -0.1) is 45.3 Å². The molecule has 0 spiro atoms. The minimum atomic E-state index is -0.0943. The first-order chi connectivity index (χ1) is 70.6. The smallest absolute Gasteiger partial charge is 0.153 e. The summed E-state index contributed by atoms with van der Waals surface area (Å²) in [7, 11) is 0. The summed E-state index contributed by atoms with van der Waals surface area (Å²) in [6.07, 6.45) is 0. The number of benzene rings is 21. The van der Waals surface area contributed by atoms with E-state index in [0.717, 1.165) is 159 Å². The Labute approximate surface area is 840 Å². The van der Waals surface area contributed by atoms with Crippen molar-refractivity contribution in [3.63, 3.8) is 0 Å². The first-order valence-corrected chi connectivity index (χ1v) is 51.4. The summed E-state index contributed by atoms with van der Waals surface area (Å²) in [5, 5.41) is 12.6. The lowest BCUT2D eigenvalue weighted by atomic mass is 9.82. The minimum absolute atomic E-state index is 0.0943. The van der Waals surface area contributed by atoms with Gasteiger partial charge in [0.2, 0.25) is 0 Å². The topological polar surface area (TPSA) is 60.3 Å². The second kappa shape index (κ2) is 34.0. The molecule has 0 saturated carbocycles. The third-order valence-corrected chi connectivity index (χ3v) is 32.8. The van der Waals surface area contributed by atoms with Crippen molar-refractivity contribution in [3.8, 4) is 45.6 Å². The van der Waals surface area contributed by atoms with Crippen LogP contribution in [0, 0.1) is 0 Å². The van der Waals surface area contributed by atoms with Gasteiger partial charge in [-0.2, -0.15) is 0 Å². The zero-order valence-electron chi connectivity index (χ0n) is 77.5. The van der Waals surface area contributed by atoms with Crippen LogP contribution in [0.5, 0.6) is 34.5 Å². The molecule has 4 aliphatic rings. The van der Waals surface area contributed by atoms with E-state index in [1.54, 1.807) is 0 Å². The Kier molecular flexibility index (Phi) is 19.9. The van der Waals surface area contributed by atoms with Gasteiger partial charge in [0, 0.05) is 189 Å². The van der Waals surface area contributed by atoms with Crippen LogP contribution in [0.2, 0.25) is 0 Å². The van der Waals surface area contributed by atoms with E-state index in [4.69, 9.17) is 18.6 Å². The molecule has 0 saturated heterocycles. The van der Waals surface area contributed by atoms with Crippen LogP contribution in [0.1, 0.15) is 25.0 Å². The van der Waals surface area contributed by atoms with Crippen LogP contribution in [0.25, 0.3) is 114 Å². The predicted octanol–water partition coefficient (Wildman–Crippen LogP) is 39.9. The van der Waals surface area contributed by atoms with Crippen molar-refractivity contribution < 1.29 is 18.6 Å². The molecule has 5 aromatic heterocycles. The molecule has 0 amide bonds. The van der Waals surface area contributed by atoms with Crippen molar-refractivity contribution in [1.29, 1.82) is 0 Å². The van der Waals surface area contributed by atoms with Gasteiger partial charge in [0.05, 0.1) is 34.1 Å². The van der Waals surface area contributed by atoms with E-state index in [1.165, 1.54) is 103 Å². The number of para-hydroxylation sites is 10. The van der Waals surface area contributed by atoms with Gasteiger partial charge in [0.25, 0.3) is 0 Å². The Balaban J connectivity index is 0.000000105. The van der Waals surface area contributed by atoms with Gasteiger partial charge in [0.1, 0.15) is 11.2 Å². The predicted molar refractivity (Wildman–Crippen MR) is 604 cm³/mol. The fourth-order valence-electron chi connectivity index (χ4n) is 21.7. The van der Waals surface area contributed by atoms with Crippen LogP contribution in [-0.2, 0) is 5.41 Å². The van der Waals surface area contributed by atoms with Crippen LogP contribution in [0.15, 0.2) is 478 Å². The number of anilines is 18. The van der Waals surface area contributed by atoms with Crippen molar-refractivity contribution in [2.75, 3.05) is 29.4 Å². The number of furan rings is 1. The lowest BCUT2D eigenvalue weighted by Gasteiger charge is -2.34. The first kappa shape index (κ1) is 83.6. The molecule has 0 radical (unpaired) electrons. The molecule has 21 aromatic carbocycles. The van der Waals surface area contributed by atoms with Gasteiger partial charge < -0.3 is 48.0 Å². The molecule has 3 aliphatic heterocycles. The van der Waals surface area contributed by atoms with E-state index in [1.807, 2.05) is 87.8 Å². The lowest BCUT2D eigenvalue weighted by Crippen LogP contribution is -2.18. The molecule has 0 fully saturated rings. The number of ether oxygens (including phenoxy) is 3. The fourth-order valence-corrected chi connectivity index (χ4v) is 26.2. The number of fused-ring (bicyclic) bond motifs is 24. The SMILES string of the molecule is CC1(C)c2ccccc2-c2ccc(N(c3ccccc3)c3ccc4c(c3)Oc3ccccc3N4c3ccc4c(c3)sc3ccccc34)cc21.c1ccc(N(c2ccc3c(c2)Oc2ccccc2N3c2ccc3c(c2)sc2ccccc23)c2ccc3c(c2)oc2ccccc23)cc1.c1ccc(N(c2ccc3c(c2)Oc2ccccc2N3c2ccc3c(c2)sc2ccccc23)c2ccc3c(c2)sc2ccccc23)cc1. The summed E-state index contributed by atoms with van der Waals surface area (Å²) >= 11 is 7.36. The summed E-state index contributed by atoms with van der Waals surface area (Å²) < 4.78 is 36.6. The van der Waals surface area contributed by atoms with Gasteiger partial charge in [-0.05, 0) is 235 Å². The summed E-state index contributed by atoms with van der Waals surface area (Å²) in [5.41, 5.74) is 26.0. The quantitative estimate of drug-likeness (QED) is 0.118. The number of rotatable bonds is 12. The van der Waals surface area contributed by atoms with Crippen LogP contribution in [0.4, 0.5) is 102 Å². The maximum atomic E-state index is 6.71. The number of hydrogen-bond donors (Lipinski definition) is 0. The Morgan fingerprint density at radius 1 is 0.189 bits per heavy atom. The van der Waals surface area contributed by atoms with Crippen LogP contribution in [-0.4, -0.2) is 0 Å². The summed E-state index contributed by atoms with van der Waals surface area (Å²) in [6, 6.07) is 168. The molecule has 10 nitrogen and oxygen atoms in total. The van der Waals surface area contributed by atoms with Gasteiger partial charge in [-0.3, -0.25) is 0 Å². The number of thiophene rings is 4. The van der Waals surface area contributed by atoms with Crippen molar-refractivity contribution in [2.24, 2.45) is 0 Å². The van der Waals surface area contributed by atoms with E-state index in [-0.39, 0.29) is 5.41 Å². The Morgan fingerprint density at radius 3 is 0.902 bits per heavy atom. The zero-order chi connectivity index (χ0) is 94.5. The molecular formula is C129H84N6O4S4. The van der Waals surface area contributed by atoms with Gasteiger partial charge in [-0.25, -0.2) is 0 Å². The molecule has 0 bridgehead atoms. The highest BCUT2D eigenvalue weighted by Gasteiger charge is 2.38. The van der Waals surface area contributed by atoms with Gasteiger partial charge >= 0.3 is 0 Å². The molecule has 1 aliphatic carbocycles. The van der Waals surface area contributed by atoms with Crippen molar-refractivity contribution in [2.45, 2.75) is 19.3 Å². The molecule has 30 rings (SSSR count). The highest BCUT2D eigenvalue weighted by molar-refractivity contribution is 7.27. The second-order valence-electron chi connectivity index (χ2n) is 37.0. The number of hydrogen-bond acceptors (Lipinski definition) is 14. The second-order valence-corrected chi connectivity index (χ2v) is 41.3. The number of nitrogens with zero attached hydrogens (tertiary/aromatic N) is 6. The molecule has 678 valence electrons. The molecule has 0 N–H and O–H groups in total. The van der Waals surface area contributed by atoms with E-state index < -0.39 is 0 Å². The third-order valence-electron chi connectivity index (χ3n) is 28.3. The van der Waals surface area contributed by atoms with Crippen LogP contribution >= 0.6 is 45.3 Å². The molecule has 26 aromatic rings. The van der Waals surface area contributed by atoms with Gasteiger partial charge in [0.15, 0.2) is 34.5 Å². The monoisotopic (exact) mass is 1910 g/mol. The standard InChI is InChI=1S/C45H32N2OS.C42H26N2O2S.C42H26N2OS2/c1-45(2)37-16-8-6-14-33(37)34-23-20-30(26-38(34)45)46(29-12-4-3-5-13-29)31-22-25-40-42(27-31)48-41-18-10-9-17-39(41)47(40)32-21-24-36-35-15-7-11-19-43(35)49-44(36)28-32;1-2-10-27(11-3-1)43(28-18-21-32-31-12-4-7-15-37(31)45-39(32)24-28)29-20-23-36-40(25-29)46-38-16-8-6-14-35(38)44(36)30-19-22-34-33-13-5-9-17-41(33)47-42(34)26-30;1-2-10-27(11-3-1)43(29-18-21-33-31-12-4-8-16-39(31)46-41(33)25-29)28-20-23-36-38(24-28)45-37-15-7-6-14-35(37)44(36)30-19-22-34-32-13-5-9-17-40(32)47-42(34)26-30/h3-28H,1-2H3;2*1-26H. The zero-order valence-corrected chi connectivity index (χ0v) is 80.7.